The lowest BCUT2D eigenvalue weighted by atomic mass is 9.85. The standard InChI is InChI=1S/C21H24N4O/c26-21(15-24-10-7-19-20(24)4-2-9-23-19)11-17-5-6-18(12-21)25(17)14-16-3-1-8-22-13-16/h1-4,7-10,13,17-18,26H,5-6,11-12,14-15H2/t17-,18-/m1/s1. The van der Waals surface area contributed by atoms with Gasteiger partial charge in [-0.05, 0) is 55.5 Å². The van der Waals surface area contributed by atoms with E-state index in [1.54, 1.807) is 0 Å². The van der Waals surface area contributed by atoms with Gasteiger partial charge in [0.15, 0.2) is 0 Å². The van der Waals surface area contributed by atoms with Crippen molar-refractivity contribution < 1.29 is 5.11 Å². The minimum atomic E-state index is -0.640. The van der Waals surface area contributed by atoms with Gasteiger partial charge in [-0.25, -0.2) is 0 Å². The Labute approximate surface area is 153 Å². The lowest BCUT2D eigenvalue weighted by Gasteiger charge is -2.44. The van der Waals surface area contributed by atoms with Crippen molar-refractivity contribution in [2.45, 2.75) is 56.5 Å². The van der Waals surface area contributed by atoms with Crippen LogP contribution in [0.3, 0.4) is 0 Å². The van der Waals surface area contributed by atoms with Crippen molar-refractivity contribution in [1.82, 2.24) is 19.4 Å². The zero-order valence-electron chi connectivity index (χ0n) is 14.8. The van der Waals surface area contributed by atoms with Crippen molar-refractivity contribution in [3.8, 4) is 0 Å². The molecule has 0 aromatic carbocycles. The lowest BCUT2D eigenvalue weighted by molar-refractivity contribution is -0.0644. The first kappa shape index (κ1) is 16.0. The highest BCUT2D eigenvalue weighted by molar-refractivity contribution is 5.75. The van der Waals surface area contributed by atoms with Crippen LogP contribution in [-0.4, -0.2) is 42.2 Å². The van der Waals surface area contributed by atoms with E-state index in [1.165, 1.54) is 18.4 Å². The van der Waals surface area contributed by atoms with Gasteiger partial charge in [0, 0.05) is 43.4 Å². The summed E-state index contributed by atoms with van der Waals surface area (Å²) in [7, 11) is 0. The average Bonchev–Trinajstić information content (AvgIpc) is 3.15. The highest BCUT2D eigenvalue weighted by Gasteiger charge is 2.47. The van der Waals surface area contributed by atoms with E-state index < -0.39 is 5.60 Å². The molecule has 26 heavy (non-hydrogen) atoms. The third-order valence-electron chi connectivity index (χ3n) is 6.09. The fourth-order valence-corrected chi connectivity index (χ4v) is 4.98. The summed E-state index contributed by atoms with van der Waals surface area (Å²) >= 11 is 0. The van der Waals surface area contributed by atoms with Gasteiger partial charge in [0.1, 0.15) is 0 Å². The van der Waals surface area contributed by atoms with Gasteiger partial charge in [-0.2, -0.15) is 0 Å². The zero-order chi connectivity index (χ0) is 17.6. The fraction of sp³-hybridized carbons (Fsp3) is 0.429. The van der Waals surface area contributed by atoms with Crippen LogP contribution in [0.2, 0.25) is 0 Å². The molecule has 2 fully saturated rings. The summed E-state index contributed by atoms with van der Waals surface area (Å²) in [6, 6.07) is 11.1. The molecule has 134 valence electrons. The van der Waals surface area contributed by atoms with Crippen molar-refractivity contribution in [2.75, 3.05) is 0 Å². The normalized spacial score (nSPS) is 28.7. The first-order chi connectivity index (χ1) is 12.7. The Morgan fingerprint density at radius 2 is 1.88 bits per heavy atom. The summed E-state index contributed by atoms with van der Waals surface area (Å²) in [6.07, 6.45) is 11.7. The van der Waals surface area contributed by atoms with Crippen molar-refractivity contribution in [3.63, 3.8) is 0 Å². The second-order valence-electron chi connectivity index (χ2n) is 7.90. The number of rotatable bonds is 4. The minimum Gasteiger partial charge on any atom is -0.388 e. The number of aromatic nitrogens is 3. The molecule has 2 aliphatic heterocycles. The van der Waals surface area contributed by atoms with Crippen LogP contribution in [0.25, 0.3) is 11.0 Å². The smallest absolute Gasteiger partial charge is 0.0880 e. The quantitative estimate of drug-likeness (QED) is 0.787. The highest BCUT2D eigenvalue weighted by atomic mass is 16.3. The minimum absolute atomic E-state index is 0.457. The molecule has 2 aliphatic rings. The Kier molecular flexibility index (Phi) is 3.80. The van der Waals surface area contributed by atoms with Gasteiger partial charge in [-0.3, -0.25) is 14.9 Å². The predicted octanol–water partition coefficient (Wildman–Crippen LogP) is 2.99. The molecule has 2 saturated heterocycles. The Balaban J connectivity index is 1.35. The number of piperidine rings is 1. The molecule has 3 aromatic heterocycles. The number of pyridine rings is 2. The molecule has 1 N–H and O–H groups in total. The summed E-state index contributed by atoms with van der Waals surface area (Å²) in [6.45, 7) is 1.59. The van der Waals surface area contributed by atoms with Gasteiger partial charge in [-0.1, -0.05) is 6.07 Å². The number of aliphatic hydroxyl groups is 1. The molecule has 0 aliphatic carbocycles. The molecule has 0 spiro atoms. The van der Waals surface area contributed by atoms with Crippen molar-refractivity contribution >= 4 is 11.0 Å². The van der Waals surface area contributed by atoms with Crippen LogP contribution in [0.5, 0.6) is 0 Å². The van der Waals surface area contributed by atoms with E-state index in [2.05, 4.69) is 37.8 Å². The first-order valence-electron chi connectivity index (χ1n) is 9.47. The molecule has 2 bridgehead atoms. The summed E-state index contributed by atoms with van der Waals surface area (Å²) in [4.78, 5) is 11.2. The monoisotopic (exact) mass is 348 g/mol. The summed E-state index contributed by atoms with van der Waals surface area (Å²) in [5.41, 5.74) is 2.72. The fourth-order valence-electron chi connectivity index (χ4n) is 4.98. The van der Waals surface area contributed by atoms with Crippen LogP contribution in [-0.2, 0) is 13.1 Å². The Morgan fingerprint density at radius 1 is 1.08 bits per heavy atom. The maximum Gasteiger partial charge on any atom is 0.0880 e. The van der Waals surface area contributed by atoms with E-state index in [9.17, 15) is 5.11 Å². The Hall–Kier alpha value is -2.24. The predicted molar refractivity (Wildman–Crippen MR) is 101 cm³/mol. The lowest BCUT2D eigenvalue weighted by Crippen LogP contribution is -2.52. The molecule has 0 radical (unpaired) electrons. The van der Waals surface area contributed by atoms with Gasteiger partial charge in [0.05, 0.1) is 23.2 Å². The largest absolute Gasteiger partial charge is 0.388 e. The molecular formula is C21H24N4O. The Morgan fingerprint density at radius 3 is 2.65 bits per heavy atom. The first-order valence-corrected chi connectivity index (χ1v) is 9.47. The molecule has 0 amide bonds. The molecule has 5 rings (SSSR count). The maximum atomic E-state index is 11.4. The van der Waals surface area contributed by atoms with Gasteiger partial charge in [0.2, 0.25) is 0 Å². The van der Waals surface area contributed by atoms with E-state index in [4.69, 9.17) is 0 Å². The Bertz CT molecular complexity index is 893. The number of hydrogen-bond acceptors (Lipinski definition) is 4. The van der Waals surface area contributed by atoms with Crippen LogP contribution in [0, 0.1) is 0 Å². The highest BCUT2D eigenvalue weighted by Crippen LogP contribution is 2.42. The second-order valence-corrected chi connectivity index (χ2v) is 7.90. The topological polar surface area (TPSA) is 54.2 Å². The SMILES string of the molecule is OC1(Cn2ccc3ncccc32)C[C@H]2CC[C@H](C1)N2Cc1cccnc1. The summed E-state index contributed by atoms with van der Waals surface area (Å²) in [5, 5.41) is 11.4. The number of hydrogen-bond donors (Lipinski definition) is 1. The molecule has 2 atom stereocenters. The summed E-state index contributed by atoms with van der Waals surface area (Å²) in [5.74, 6) is 0. The third-order valence-corrected chi connectivity index (χ3v) is 6.09. The van der Waals surface area contributed by atoms with Crippen LogP contribution in [0.4, 0.5) is 0 Å². The van der Waals surface area contributed by atoms with E-state index >= 15 is 0 Å². The van der Waals surface area contributed by atoms with E-state index in [0.29, 0.717) is 18.6 Å². The zero-order valence-corrected chi connectivity index (χ0v) is 14.8. The van der Waals surface area contributed by atoms with Crippen LogP contribution >= 0.6 is 0 Å². The molecule has 0 unspecified atom stereocenters. The van der Waals surface area contributed by atoms with Crippen LogP contribution in [0.1, 0.15) is 31.2 Å². The third kappa shape index (κ3) is 2.81. The van der Waals surface area contributed by atoms with Crippen LogP contribution in [0.15, 0.2) is 55.1 Å². The van der Waals surface area contributed by atoms with Crippen molar-refractivity contribution in [2.24, 2.45) is 0 Å². The number of nitrogens with zero attached hydrogens (tertiary/aromatic N) is 4. The van der Waals surface area contributed by atoms with Gasteiger partial charge in [-0.15, -0.1) is 0 Å². The van der Waals surface area contributed by atoms with Crippen molar-refractivity contribution in [3.05, 3.63) is 60.7 Å². The molecule has 0 saturated carbocycles. The second kappa shape index (κ2) is 6.18. The molecule has 5 nitrogen and oxygen atoms in total. The molecule has 5 heterocycles. The van der Waals surface area contributed by atoms with Gasteiger partial charge >= 0.3 is 0 Å². The number of fused-ring (bicyclic) bond motifs is 3. The summed E-state index contributed by atoms with van der Waals surface area (Å²) < 4.78 is 2.17. The molecule has 3 aromatic rings. The van der Waals surface area contributed by atoms with Gasteiger partial charge in [0.25, 0.3) is 0 Å². The van der Waals surface area contributed by atoms with Crippen LogP contribution < -0.4 is 0 Å². The molecular weight excluding hydrogens is 324 g/mol. The van der Waals surface area contributed by atoms with E-state index in [0.717, 1.165) is 30.4 Å². The maximum absolute atomic E-state index is 11.4. The van der Waals surface area contributed by atoms with E-state index in [1.807, 2.05) is 36.8 Å². The van der Waals surface area contributed by atoms with Gasteiger partial charge < -0.3 is 9.67 Å². The average molecular weight is 348 g/mol. The van der Waals surface area contributed by atoms with Crippen molar-refractivity contribution in [1.29, 1.82) is 0 Å². The van der Waals surface area contributed by atoms with E-state index in [-0.39, 0.29) is 0 Å². The molecule has 5 heteroatoms.